The summed E-state index contributed by atoms with van der Waals surface area (Å²) in [7, 11) is 0. The molecule has 2 aromatic heterocycles. The Labute approximate surface area is 167 Å². The van der Waals surface area contributed by atoms with Crippen LogP contribution in [0.4, 0.5) is 5.69 Å². The van der Waals surface area contributed by atoms with Crippen LogP contribution in [-0.4, -0.2) is 23.5 Å². The summed E-state index contributed by atoms with van der Waals surface area (Å²) in [6.07, 6.45) is 1.45. The monoisotopic (exact) mass is 398 g/mol. The van der Waals surface area contributed by atoms with Gasteiger partial charge in [-0.25, -0.2) is 0 Å². The van der Waals surface area contributed by atoms with Gasteiger partial charge in [0.1, 0.15) is 5.76 Å². The molecule has 1 unspecified atom stereocenters. The Bertz CT molecular complexity index is 882. The van der Waals surface area contributed by atoms with Gasteiger partial charge in [0, 0.05) is 10.6 Å². The fourth-order valence-electron chi connectivity index (χ4n) is 2.75. The number of amides is 2. The van der Waals surface area contributed by atoms with E-state index in [9.17, 15) is 14.7 Å². The van der Waals surface area contributed by atoms with Crippen molar-refractivity contribution in [1.82, 2.24) is 5.32 Å². The Hall–Kier alpha value is -2.90. The van der Waals surface area contributed by atoms with Crippen LogP contribution in [0.3, 0.4) is 0 Å². The molecule has 1 aromatic carbocycles. The van der Waals surface area contributed by atoms with Crippen LogP contribution in [0.2, 0.25) is 0 Å². The minimum atomic E-state index is -1.55. The van der Waals surface area contributed by atoms with Crippen molar-refractivity contribution in [2.75, 3.05) is 11.9 Å². The van der Waals surface area contributed by atoms with E-state index in [1.807, 2.05) is 17.5 Å². The van der Waals surface area contributed by atoms with Gasteiger partial charge < -0.3 is 20.2 Å². The third kappa shape index (κ3) is 4.32. The first-order chi connectivity index (χ1) is 13.4. The summed E-state index contributed by atoms with van der Waals surface area (Å²) in [5.74, 6) is -0.968. The fraction of sp³-hybridized carbons (Fsp3) is 0.238. The van der Waals surface area contributed by atoms with Gasteiger partial charge in [-0.1, -0.05) is 32.0 Å². The van der Waals surface area contributed by atoms with E-state index in [-0.39, 0.29) is 6.54 Å². The normalized spacial score (nSPS) is 13.1. The number of thiophene rings is 1. The largest absolute Gasteiger partial charge is 0.466 e. The van der Waals surface area contributed by atoms with Gasteiger partial charge in [0.25, 0.3) is 0 Å². The minimum Gasteiger partial charge on any atom is -0.466 e. The average Bonchev–Trinajstić information content (AvgIpc) is 3.40. The Morgan fingerprint density at radius 2 is 1.86 bits per heavy atom. The molecule has 3 N–H and O–H groups in total. The first kappa shape index (κ1) is 19.9. The molecule has 0 spiro atoms. The molecule has 2 amide bonds. The molecule has 0 bridgehead atoms. The summed E-state index contributed by atoms with van der Waals surface area (Å²) in [5, 5.41) is 18.0. The molecule has 6 nitrogen and oxygen atoms in total. The number of rotatable bonds is 6. The second kappa shape index (κ2) is 8.41. The van der Waals surface area contributed by atoms with Gasteiger partial charge in [0.05, 0.1) is 12.8 Å². The van der Waals surface area contributed by atoms with Crippen LogP contribution in [0.5, 0.6) is 0 Å². The van der Waals surface area contributed by atoms with Crippen LogP contribution in [-0.2, 0) is 15.2 Å². The highest BCUT2D eigenvalue weighted by molar-refractivity contribution is 7.10. The molecule has 146 valence electrons. The molecular weight excluding hydrogens is 376 g/mol. The smallest absolute Gasteiger partial charge is 0.313 e. The molecule has 0 saturated carbocycles. The van der Waals surface area contributed by atoms with Crippen LogP contribution in [0.25, 0.3) is 0 Å². The third-order valence-electron chi connectivity index (χ3n) is 4.40. The maximum Gasteiger partial charge on any atom is 0.313 e. The Morgan fingerprint density at radius 1 is 1.11 bits per heavy atom. The molecule has 7 heteroatoms. The molecular formula is C21H22N2O4S. The van der Waals surface area contributed by atoms with E-state index in [0.29, 0.717) is 22.2 Å². The van der Waals surface area contributed by atoms with E-state index >= 15 is 0 Å². The maximum absolute atomic E-state index is 12.2. The molecule has 28 heavy (non-hydrogen) atoms. The van der Waals surface area contributed by atoms with Crippen LogP contribution in [0.15, 0.2) is 64.6 Å². The Morgan fingerprint density at radius 3 is 2.43 bits per heavy atom. The molecule has 0 aliphatic heterocycles. The zero-order valence-corrected chi connectivity index (χ0v) is 16.5. The summed E-state index contributed by atoms with van der Waals surface area (Å²) < 4.78 is 5.35. The second-order valence-corrected chi connectivity index (χ2v) is 7.68. The number of nitrogens with one attached hydrogen (secondary N) is 2. The van der Waals surface area contributed by atoms with Crippen molar-refractivity contribution in [2.45, 2.75) is 25.4 Å². The van der Waals surface area contributed by atoms with Crippen molar-refractivity contribution in [3.63, 3.8) is 0 Å². The number of aliphatic hydroxyl groups is 1. The summed E-state index contributed by atoms with van der Waals surface area (Å²) in [6.45, 7) is 3.96. The standard InChI is InChI=1S/C21H22N2O4S/c1-14(2)15-7-9-16(10-8-15)23-20(25)19(24)22-13-21(26,17-5-3-11-27-17)18-6-4-12-28-18/h3-12,14,26H,13H2,1-2H3,(H,22,24)(H,23,25). The van der Waals surface area contributed by atoms with Crippen LogP contribution in [0.1, 0.15) is 36.0 Å². The number of benzene rings is 1. The Balaban J connectivity index is 1.65. The van der Waals surface area contributed by atoms with E-state index in [1.165, 1.54) is 17.6 Å². The number of hydrogen-bond donors (Lipinski definition) is 3. The summed E-state index contributed by atoms with van der Waals surface area (Å²) >= 11 is 1.33. The lowest BCUT2D eigenvalue weighted by Crippen LogP contribution is -2.44. The van der Waals surface area contributed by atoms with E-state index in [4.69, 9.17) is 4.42 Å². The average molecular weight is 398 g/mol. The summed E-state index contributed by atoms with van der Waals surface area (Å²) in [6, 6.07) is 14.1. The van der Waals surface area contributed by atoms with Gasteiger partial charge in [-0.05, 0) is 47.2 Å². The summed E-state index contributed by atoms with van der Waals surface area (Å²) in [5.41, 5.74) is 0.123. The molecule has 3 rings (SSSR count). The summed E-state index contributed by atoms with van der Waals surface area (Å²) in [4.78, 5) is 25.0. The van der Waals surface area contributed by atoms with E-state index < -0.39 is 17.4 Å². The topological polar surface area (TPSA) is 91.6 Å². The van der Waals surface area contributed by atoms with E-state index in [1.54, 1.807) is 36.4 Å². The van der Waals surface area contributed by atoms with Gasteiger partial charge in [0.2, 0.25) is 0 Å². The zero-order valence-electron chi connectivity index (χ0n) is 15.6. The van der Waals surface area contributed by atoms with Crippen molar-refractivity contribution in [3.8, 4) is 0 Å². The number of carbonyl (C=O) groups excluding carboxylic acids is 2. The quantitative estimate of drug-likeness (QED) is 0.555. The highest BCUT2D eigenvalue weighted by Crippen LogP contribution is 2.32. The van der Waals surface area contributed by atoms with Crippen molar-refractivity contribution >= 4 is 28.8 Å². The van der Waals surface area contributed by atoms with Crippen LogP contribution < -0.4 is 10.6 Å². The Kier molecular flexibility index (Phi) is 5.96. The highest BCUT2D eigenvalue weighted by atomic mass is 32.1. The van der Waals surface area contributed by atoms with Gasteiger partial charge in [-0.15, -0.1) is 11.3 Å². The first-order valence-electron chi connectivity index (χ1n) is 8.89. The zero-order chi connectivity index (χ0) is 20.1. The molecule has 0 aliphatic rings. The van der Waals surface area contributed by atoms with Crippen molar-refractivity contribution in [2.24, 2.45) is 0 Å². The van der Waals surface area contributed by atoms with Gasteiger partial charge in [0.15, 0.2) is 5.60 Å². The van der Waals surface area contributed by atoms with Crippen molar-refractivity contribution in [3.05, 3.63) is 76.4 Å². The number of carbonyl (C=O) groups is 2. The minimum absolute atomic E-state index is 0.195. The SMILES string of the molecule is CC(C)c1ccc(NC(=O)C(=O)NCC(O)(c2ccco2)c2cccs2)cc1. The number of hydrogen-bond acceptors (Lipinski definition) is 5. The van der Waals surface area contributed by atoms with Crippen LogP contribution >= 0.6 is 11.3 Å². The predicted octanol–water partition coefficient (Wildman–Crippen LogP) is 3.46. The number of anilines is 1. The van der Waals surface area contributed by atoms with Gasteiger partial charge >= 0.3 is 11.8 Å². The molecule has 1 atom stereocenters. The molecule has 0 fully saturated rings. The second-order valence-electron chi connectivity index (χ2n) is 6.73. The lowest BCUT2D eigenvalue weighted by Gasteiger charge is -2.25. The highest BCUT2D eigenvalue weighted by Gasteiger charge is 2.36. The van der Waals surface area contributed by atoms with E-state index in [0.717, 1.165) is 5.56 Å². The molecule has 2 heterocycles. The molecule has 0 radical (unpaired) electrons. The lowest BCUT2D eigenvalue weighted by molar-refractivity contribution is -0.136. The van der Waals surface area contributed by atoms with Gasteiger partial charge in [-0.2, -0.15) is 0 Å². The van der Waals surface area contributed by atoms with Crippen molar-refractivity contribution < 1.29 is 19.1 Å². The van der Waals surface area contributed by atoms with Crippen LogP contribution in [0, 0.1) is 0 Å². The molecule has 0 saturated heterocycles. The predicted molar refractivity (Wildman–Crippen MR) is 108 cm³/mol. The van der Waals surface area contributed by atoms with E-state index in [2.05, 4.69) is 24.5 Å². The maximum atomic E-state index is 12.2. The van der Waals surface area contributed by atoms with Crippen molar-refractivity contribution in [1.29, 1.82) is 0 Å². The fourth-order valence-corrected chi connectivity index (χ4v) is 3.58. The first-order valence-corrected chi connectivity index (χ1v) is 9.77. The number of furan rings is 1. The third-order valence-corrected chi connectivity index (χ3v) is 5.42. The molecule has 0 aliphatic carbocycles. The molecule has 3 aromatic rings. The van der Waals surface area contributed by atoms with Gasteiger partial charge in [-0.3, -0.25) is 9.59 Å². The lowest BCUT2D eigenvalue weighted by atomic mass is 9.98.